The number of benzene rings is 2. The number of ether oxygens (including phenoxy) is 1. The molecule has 136 valence electrons. The van der Waals surface area contributed by atoms with Gasteiger partial charge in [-0.05, 0) is 36.8 Å². The molecule has 0 saturated heterocycles. The summed E-state index contributed by atoms with van der Waals surface area (Å²) in [7, 11) is 1.56. The van der Waals surface area contributed by atoms with E-state index < -0.39 is 6.10 Å². The van der Waals surface area contributed by atoms with Crippen LogP contribution in [0, 0.1) is 6.92 Å². The highest BCUT2D eigenvalue weighted by atomic mass is 35.5. The summed E-state index contributed by atoms with van der Waals surface area (Å²) in [6.45, 7) is 2.30. The van der Waals surface area contributed by atoms with Crippen LogP contribution in [-0.4, -0.2) is 38.1 Å². The first-order chi connectivity index (χ1) is 12.5. The van der Waals surface area contributed by atoms with Gasteiger partial charge in [-0.25, -0.2) is 0 Å². The second kappa shape index (κ2) is 7.66. The van der Waals surface area contributed by atoms with Gasteiger partial charge in [-0.2, -0.15) is 0 Å². The summed E-state index contributed by atoms with van der Waals surface area (Å²) in [5.74, 6) is 0.128. The van der Waals surface area contributed by atoms with Crippen molar-refractivity contribution in [1.82, 2.24) is 5.32 Å². The Morgan fingerprint density at radius 3 is 2.77 bits per heavy atom. The van der Waals surface area contributed by atoms with E-state index in [1.165, 1.54) is 0 Å². The molecule has 0 aromatic heterocycles. The number of nitrogens with one attached hydrogen (secondary N) is 2. The van der Waals surface area contributed by atoms with Gasteiger partial charge < -0.3 is 20.3 Å². The number of anilines is 2. The number of hydrogen-bond acceptors (Lipinski definition) is 4. The van der Waals surface area contributed by atoms with E-state index in [4.69, 9.17) is 16.3 Å². The minimum absolute atomic E-state index is 0.0814. The Bertz CT molecular complexity index is 841. The summed E-state index contributed by atoms with van der Waals surface area (Å²) in [5, 5.41) is 5.89. The van der Waals surface area contributed by atoms with Crippen molar-refractivity contribution in [2.75, 3.05) is 30.4 Å². The molecule has 1 unspecified atom stereocenters. The molecule has 0 saturated carbocycles. The number of para-hydroxylation sites is 2. The van der Waals surface area contributed by atoms with Crippen LogP contribution in [0.3, 0.4) is 0 Å². The van der Waals surface area contributed by atoms with Crippen molar-refractivity contribution in [1.29, 1.82) is 0 Å². The highest BCUT2D eigenvalue weighted by Crippen LogP contribution is 2.33. The number of carbonyl (C=O) groups is 2. The number of fused-ring (bicyclic) bond motifs is 1. The van der Waals surface area contributed by atoms with Crippen LogP contribution in [0.5, 0.6) is 5.75 Å². The summed E-state index contributed by atoms with van der Waals surface area (Å²) >= 11 is 6.18. The molecule has 1 heterocycles. The molecule has 1 atom stereocenters. The monoisotopic (exact) mass is 373 g/mol. The molecule has 0 spiro atoms. The maximum atomic E-state index is 12.5. The van der Waals surface area contributed by atoms with E-state index in [0.29, 0.717) is 16.5 Å². The van der Waals surface area contributed by atoms with Gasteiger partial charge in [0.25, 0.3) is 5.91 Å². The first kappa shape index (κ1) is 18.1. The van der Waals surface area contributed by atoms with Gasteiger partial charge in [-0.1, -0.05) is 29.8 Å². The zero-order valence-corrected chi connectivity index (χ0v) is 15.3. The van der Waals surface area contributed by atoms with Crippen LogP contribution in [0.2, 0.25) is 5.02 Å². The number of carbonyl (C=O) groups excluding carboxylic acids is 2. The molecule has 0 radical (unpaired) electrons. The smallest absolute Gasteiger partial charge is 0.262 e. The molecule has 0 fully saturated rings. The van der Waals surface area contributed by atoms with Crippen LogP contribution in [0.25, 0.3) is 0 Å². The van der Waals surface area contributed by atoms with Gasteiger partial charge in [-0.3, -0.25) is 9.59 Å². The van der Waals surface area contributed by atoms with E-state index in [2.05, 4.69) is 10.6 Å². The first-order valence-corrected chi connectivity index (χ1v) is 8.64. The van der Waals surface area contributed by atoms with Gasteiger partial charge in [0.2, 0.25) is 5.91 Å². The van der Waals surface area contributed by atoms with Crippen LogP contribution in [-0.2, 0) is 9.59 Å². The van der Waals surface area contributed by atoms with Crippen molar-refractivity contribution in [3.05, 3.63) is 53.1 Å². The SMILES string of the molecule is CNC(=O)C1CN(CC(=O)Nc2ccc(C)cc2Cl)c2ccccc2O1. The van der Waals surface area contributed by atoms with Crippen LogP contribution >= 0.6 is 11.6 Å². The van der Waals surface area contributed by atoms with Crippen molar-refractivity contribution < 1.29 is 14.3 Å². The van der Waals surface area contributed by atoms with E-state index in [1.807, 2.05) is 36.1 Å². The molecule has 2 aromatic rings. The number of rotatable bonds is 4. The number of halogens is 1. The maximum Gasteiger partial charge on any atom is 0.262 e. The largest absolute Gasteiger partial charge is 0.477 e. The van der Waals surface area contributed by atoms with Gasteiger partial charge in [-0.15, -0.1) is 0 Å². The van der Waals surface area contributed by atoms with Crippen molar-refractivity contribution in [2.24, 2.45) is 0 Å². The molecule has 0 aliphatic carbocycles. The zero-order valence-electron chi connectivity index (χ0n) is 14.6. The van der Waals surface area contributed by atoms with Gasteiger partial charge in [0, 0.05) is 7.05 Å². The van der Waals surface area contributed by atoms with Gasteiger partial charge in [0.15, 0.2) is 6.10 Å². The van der Waals surface area contributed by atoms with Crippen LogP contribution in [0.1, 0.15) is 5.56 Å². The van der Waals surface area contributed by atoms with Crippen LogP contribution in [0.4, 0.5) is 11.4 Å². The van der Waals surface area contributed by atoms with Crippen molar-refractivity contribution in [3.8, 4) is 5.75 Å². The fourth-order valence-electron chi connectivity index (χ4n) is 2.84. The third kappa shape index (κ3) is 3.91. The van der Waals surface area contributed by atoms with E-state index >= 15 is 0 Å². The summed E-state index contributed by atoms with van der Waals surface area (Å²) in [4.78, 5) is 26.3. The van der Waals surface area contributed by atoms with Crippen molar-refractivity contribution in [2.45, 2.75) is 13.0 Å². The third-order valence-corrected chi connectivity index (χ3v) is 4.45. The summed E-state index contributed by atoms with van der Waals surface area (Å²) in [6.07, 6.45) is -0.675. The second-order valence-corrected chi connectivity index (χ2v) is 6.51. The Morgan fingerprint density at radius 2 is 2.04 bits per heavy atom. The Labute approximate surface area is 157 Å². The lowest BCUT2D eigenvalue weighted by Crippen LogP contribution is -2.50. The molecule has 2 N–H and O–H groups in total. The molecule has 6 nitrogen and oxygen atoms in total. The average molecular weight is 374 g/mol. The quantitative estimate of drug-likeness (QED) is 0.864. The fourth-order valence-corrected chi connectivity index (χ4v) is 3.12. The van der Waals surface area contributed by atoms with E-state index in [9.17, 15) is 9.59 Å². The molecular formula is C19H20ClN3O3. The lowest BCUT2D eigenvalue weighted by molar-refractivity contribution is -0.127. The number of likely N-dealkylation sites (N-methyl/N-ethyl adjacent to an activating group) is 1. The highest BCUT2D eigenvalue weighted by molar-refractivity contribution is 6.33. The first-order valence-electron chi connectivity index (χ1n) is 8.26. The Balaban J connectivity index is 1.76. The molecular weight excluding hydrogens is 354 g/mol. The molecule has 26 heavy (non-hydrogen) atoms. The number of hydrogen-bond donors (Lipinski definition) is 2. The molecule has 2 aromatic carbocycles. The molecule has 1 aliphatic heterocycles. The average Bonchev–Trinajstić information content (AvgIpc) is 2.63. The summed E-state index contributed by atoms with van der Waals surface area (Å²) in [6, 6.07) is 12.8. The standard InChI is InChI=1S/C19H20ClN3O3/c1-12-7-8-14(13(20)9-12)22-18(24)11-23-10-17(19(25)21-2)26-16-6-4-3-5-15(16)23/h3-9,17H,10-11H2,1-2H3,(H,21,25)(H,22,24). The number of nitrogens with zero attached hydrogens (tertiary/aromatic N) is 1. The normalized spacial score (nSPS) is 15.7. The Kier molecular flexibility index (Phi) is 5.32. The van der Waals surface area contributed by atoms with Crippen LogP contribution < -0.4 is 20.3 Å². The highest BCUT2D eigenvalue weighted by Gasteiger charge is 2.31. The van der Waals surface area contributed by atoms with Gasteiger partial charge >= 0.3 is 0 Å². The molecule has 2 amide bonds. The number of amides is 2. The Morgan fingerprint density at radius 1 is 1.27 bits per heavy atom. The maximum absolute atomic E-state index is 12.5. The van der Waals surface area contributed by atoms with Crippen molar-refractivity contribution >= 4 is 34.8 Å². The van der Waals surface area contributed by atoms with Crippen molar-refractivity contribution in [3.63, 3.8) is 0 Å². The predicted molar refractivity (Wildman–Crippen MR) is 102 cm³/mol. The lowest BCUT2D eigenvalue weighted by atomic mass is 10.1. The van der Waals surface area contributed by atoms with Gasteiger partial charge in [0.1, 0.15) is 5.75 Å². The summed E-state index contributed by atoms with van der Waals surface area (Å²) in [5.41, 5.74) is 2.35. The minimum atomic E-state index is -0.675. The van der Waals surface area contributed by atoms with Crippen LogP contribution in [0.15, 0.2) is 42.5 Å². The number of aryl methyl sites for hydroxylation is 1. The van der Waals surface area contributed by atoms with E-state index in [-0.39, 0.29) is 24.9 Å². The molecule has 3 rings (SSSR count). The van der Waals surface area contributed by atoms with E-state index in [0.717, 1.165) is 11.3 Å². The van der Waals surface area contributed by atoms with E-state index in [1.54, 1.807) is 25.2 Å². The zero-order chi connectivity index (χ0) is 18.7. The minimum Gasteiger partial charge on any atom is -0.477 e. The fraction of sp³-hybridized carbons (Fsp3) is 0.263. The molecule has 0 bridgehead atoms. The van der Waals surface area contributed by atoms with Gasteiger partial charge in [0.05, 0.1) is 29.5 Å². The topological polar surface area (TPSA) is 70.7 Å². The Hall–Kier alpha value is -2.73. The molecule has 7 heteroatoms. The lowest BCUT2D eigenvalue weighted by Gasteiger charge is -2.35. The third-order valence-electron chi connectivity index (χ3n) is 4.13. The predicted octanol–water partition coefficient (Wildman–Crippen LogP) is 2.60. The second-order valence-electron chi connectivity index (χ2n) is 6.10. The molecule has 1 aliphatic rings. The summed E-state index contributed by atoms with van der Waals surface area (Å²) < 4.78 is 5.74.